The molecule has 0 aromatic heterocycles. The zero-order chi connectivity index (χ0) is 17.5. The van der Waals surface area contributed by atoms with E-state index >= 15 is 0 Å². The molecular formula is C21H36N2O. The molecule has 2 unspecified atom stereocenters. The molecule has 136 valence electrons. The van der Waals surface area contributed by atoms with E-state index in [0.717, 1.165) is 0 Å². The number of rotatable bonds is 9. The number of allylic oxidation sites excluding steroid dienone is 3. The van der Waals surface area contributed by atoms with E-state index in [0.29, 0.717) is 18.3 Å². The van der Waals surface area contributed by atoms with Gasteiger partial charge in [0.25, 0.3) is 0 Å². The number of hydrogen-bond donors (Lipinski definition) is 1. The maximum absolute atomic E-state index is 11.4. The van der Waals surface area contributed by atoms with Crippen molar-refractivity contribution in [3.05, 3.63) is 22.9 Å². The minimum atomic E-state index is -0.201. The van der Waals surface area contributed by atoms with E-state index in [1.165, 1.54) is 81.3 Å². The van der Waals surface area contributed by atoms with Gasteiger partial charge in [0.15, 0.2) is 0 Å². The summed E-state index contributed by atoms with van der Waals surface area (Å²) >= 11 is 0. The molecule has 1 saturated heterocycles. The first-order valence-electron chi connectivity index (χ1n) is 9.99. The second-order valence-electron chi connectivity index (χ2n) is 7.71. The monoisotopic (exact) mass is 332 g/mol. The summed E-state index contributed by atoms with van der Waals surface area (Å²) in [5.41, 5.74) is 9.50. The quantitative estimate of drug-likeness (QED) is 0.617. The van der Waals surface area contributed by atoms with Gasteiger partial charge >= 0.3 is 0 Å². The molecule has 24 heavy (non-hydrogen) atoms. The van der Waals surface area contributed by atoms with Gasteiger partial charge in [-0.1, -0.05) is 51.5 Å². The molecule has 2 atom stereocenters. The molecule has 1 aliphatic carbocycles. The van der Waals surface area contributed by atoms with Crippen LogP contribution in [-0.2, 0) is 4.79 Å². The van der Waals surface area contributed by atoms with Crippen molar-refractivity contribution in [1.29, 1.82) is 0 Å². The standard InChI is InChI=1S/C21H36N2O/c1-4-5-6-7-8-9-12-23-13-10-11-18-17(3)19(15-21(22)24)16(2)14-20(18)23/h14,17-18H,4-13,15H2,1-3H3,(H2,22,24). The lowest BCUT2D eigenvalue weighted by Gasteiger charge is -2.43. The van der Waals surface area contributed by atoms with Gasteiger partial charge < -0.3 is 10.6 Å². The number of fused-ring (bicyclic) bond motifs is 1. The number of carbonyl (C=O) groups excluding carboxylic acids is 1. The molecule has 0 aromatic rings. The van der Waals surface area contributed by atoms with Crippen molar-refractivity contribution in [1.82, 2.24) is 4.90 Å². The number of carbonyl (C=O) groups is 1. The van der Waals surface area contributed by atoms with E-state index in [1.54, 1.807) is 0 Å². The summed E-state index contributed by atoms with van der Waals surface area (Å²) in [6.07, 6.45) is 13.4. The lowest BCUT2D eigenvalue weighted by Crippen LogP contribution is -2.39. The third-order valence-corrected chi connectivity index (χ3v) is 5.86. The molecule has 2 N–H and O–H groups in total. The minimum absolute atomic E-state index is 0.201. The van der Waals surface area contributed by atoms with Crippen molar-refractivity contribution in [2.24, 2.45) is 17.6 Å². The zero-order valence-corrected chi connectivity index (χ0v) is 15.9. The molecule has 0 saturated carbocycles. The summed E-state index contributed by atoms with van der Waals surface area (Å²) in [5, 5.41) is 0. The molecule has 1 aliphatic heterocycles. The molecule has 0 bridgehead atoms. The van der Waals surface area contributed by atoms with Crippen LogP contribution in [0.3, 0.4) is 0 Å². The lowest BCUT2D eigenvalue weighted by molar-refractivity contribution is -0.117. The summed E-state index contributed by atoms with van der Waals surface area (Å²) in [4.78, 5) is 14.0. The fourth-order valence-corrected chi connectivity index (χ4v) is 4.45. The van der Waals surface area contributed by atoms with Gasteiger partial charge in [0.1, 0.15) is 0 Å². The van der Waals surface area contributed by atoms with Gasteiger partial charge in [-0.3, -0.25) is 4.79 Å². The van der Waals surface area contributed by atoms with E-state index in [4.69, 9.17) is 5.73 Å². The predicted molar refractivity (Wildman–Crippen MR) is 101 cm³/mol. The second-order valence-corrected chi connectivity index (χ2v) is 7.71. The SMILES string of the molecule is CCCCCCCCN1CCCC2C1=CC(C)=C(CC(N)=O)C2C. The highest BCUT2D eigenvalue weighted by molar-refractivity contribution is 5.77. The molecule has 1 amide bonds. The predicted octanol–water partition coefficient (Wildman–Crippen LogP) is 4.78. The largest absolute Gasteiger partial charge is 0.375 e. The van der Waals surface area contributed by atoms with Crippen molar-refractivity contribution in [3.63, 3.8) is 0 Å². The Bertz CT molecular complexity index is 492. The molecule has 0 spiro atoms. The van der Waals surface area contributed by atoms with Crippen molar-refractivity contribution >= 4 is 5.91 Å². The number of amides is 1. The maximum Gasteiger partial charge on any atom is 0.221 e. The highest BCUT2D eigenvalue weighted by Crippen LogP contribution is 2.42. The summed E-state index contributed by atoms with van der Waals surface area (Å²) in [7, 11) is 0. The first-order chi connectivity index (χ1) is 11.5. The average Bonchev–Trinajstić information content (AvgIpc) is 2.55. The summed E-state index contributed by atoms with van der Waals surface area (Å²) in [6, 6.07) is 0. The molecule has 0 aromatic carbocycles. The van der Waals surface area contributed by atoms with Crippen LogP contribution >= 0.6 is 0 Å². The van der Waals surface area contributed by atoms with Gasteiger partial charge in [-0.05, 0) is 43.8 Å². The Hall–Kier alpha value is -1.25. The number of nitrogens with zero attached hydrogens (tertiary/aromatic N) is 1. The number of likely N-dealkylation sites (tertiary alicyclic amines) is 1. The molecule has 3 heteroatoms. The Morgan fingerprint density at radius 2 is 1.96 bits per heavy atom. The van der Waals surface area contributed by atoms with Gasteiger partial charge in [-0.2, -0.15) is 0 Å². The summed E-state index contributed by atoms with van der Waals surface area (Å²) < 4.78 is 0. The first kappa shape index (κ1) is 19.1. The Kier molecular flexibility index (Phi) is 7.39. The Balaban J connectivity index is 1.97. The molecule has 1 fully saturated rings. The number of piperidine rings is 1. The van der Waals surface area contributed by atoms with Gasteiger partial charge in [0, 0.05) is 31.1 Å². The van der Waals surface area contributed by atoms with Crippen LogP contribution in [0.2, 0.25) is 0 Å². The van der Waals surface area contributed by atoms with Crippen LogP contribution in [0.4, 0.5) is 0 Å². The summed E-state index contributed by atoms with van der Waals surface area (Å²) in [5.74, 6) is 0.828. The van der Waals surface area contributed by atoms with Gasteiger partial charge in [-0.15, -0.1) is 0 Å². The van der Waals surface area contributed by atoms with E-state index in [-0.39, 0.29) is 5.91 Å². The molecule has 3 nitrogen and oxygen atoms in total. The molecular weight excluding hydrogens is 296 g/mol. The van der Waals surface area contributed by atoms with Crippen molar-refractivity contribution in [2.75, 3.05) is 13.1 Å². The van der Waals surface area contributed by atoms with Crippen LogP contribution in [-0.4, -0.2) is 23.9 Å². The number of primary amides is 1. The Labute approximate surface area is 148 Å². The highest BCUT2D eigenvalue weighted by Gasteiger charge is 2.34. The molecule has 0 radical (unpaired) electrons. The zero-order valence-electron chi connectivity index (χ0n) is 15.9. The van der Waals surface area contributed by atoms with Gasteiger partial charge in [0.2, 0.25) is 5.91 Å². The number of hydrogen-bond acceptors (Lipinski definition) is 2. The van der Waals surface area contributed by atoms with E-state index in [2.05, 4.69) is 31.7 Å². The summed E-state index contributed by atoms with van der Waals surface area (Å²) in [6.45, 7) is 9.10. The third kappa shape index (κ3) is 4.87. The maximum atomic E-state index is 11.4. The van der Waals surface area contributed by atoms with Crippen molar-refractivity contribution in [3.8, 4) is 0 Å². The smallest absolute Gasteiger partial charge is 0.221 e. The normalized spacial score (nSPS) is 24.0. The van der Waals surface area contributed by atoms with Crippen LogP contribution < -0.4 is 5.73 Å². The van der Waals surface area contributed by atoms with Gasteiger partial charge in [-0.25, -0.2) is 0 Å². The fourth-order valence-electron chi connectivity index (χ4n) is 4.45. The van der Waals surface area contributed by atoms with Crippen molar-refractivity contribution < 1.29 is 4.79 Å². The van der Waals surface area contributed by atoms with Crippen LogP contribution in [0.15, 0.2) is 22.9 Å². The molecule has 2 aliphatic rings. The number of nitrogens with two attached hydrogens (primary N) is 1. The lowest BCUT2D eigenvalue weighted by atomic mass is 9.73. The Morgan fingerprint density at radius 3 is 2.67 bits per heavy atom. The van der Waals surface area contributed by atoms with Crippen LogP contribution in [0.5, 0.6) is 0 Å². The van der Waals surface area contributed by atoms with Crippen LogP contribution in [0.25, 0.3) is 0 Å². The Morgan fingerprint density at radius 1 is 1.25 bits per heavy atom. The second kappa shape index (κ2) is 9.29. The highest BCUT2D eigenvalue weighted by atomic mass is 16.1. The first-order valence-corrected chi connectivity index (χ1v) is 9.99. The van der Waals surface area contributed by atoms with Crippen LogP contribution in [0.1, 0.15) is 78.6 Å². The van der Waals surface area contributed by atoms with Crippen LogP contribution in [0, 0.1) is 11.8 Å². The van der Waals surface area contributed by atoms with Gasteiger partial charge in [0.05, 0.1) is 0 Å². The van der Waals surface area contributed by atoms with E-state index in [9.17, 15) is 4.79 Å². The molecule has 1 heterocycles. The topological polar surface area (TPSA) is 46.3 Å². The average molecular weight is 333 g/mol. The minimum Gasteiger partial charge on any atom is -0.375 e. The number of unbranched alkanes of at least 4 members (excludes halogenated alkanes) is 5. The third-order valence-electron chi connectivity index (χ3n) is 5.86. The fraction of sp³-hybridized carbons (Fsp3) is 0.762. The molecule has 2 rings (SSSR count). The van der Waals surface area contributed by atoms with E-state index < -0.39 is 0 Å². The van der Waals surface area contributed by atoms with Crippen molar-refractivity contribution in [2.45, 2.75) is 78.6 Å². The van der Waals surface area contributed by atoms with E-state index in [1.807, 2.05) is 0 Å².